The van der Waals surface area contributed by atoms with Crippen LogP contribution in [0, 0.1) is 11.8 Å². The van der Waals surface area contributed by atoms with Crippen molar-refractivity contribution in [2.45, 2.75) is 46.6 Å². The molecule has 0 radical (unpaired) electrons. The number of hydrogen-bond acceptors (Lipinski definition) is 2. The minimum absolute atomic E-state index is 0.262. The highest BCUT2D eigenvalue weighted by Crippen LogP contribution is 2.20. The predicted molar refractivity (Wildman–Crippen MR) is 78.9 cm³/mol. The minimum atomic E-state index is 0.262. The molecule has 2 N–H and O–H groups in total. The first kappa shape index (κ1) is 15.0. The van der Waals surface area contributed by atoms with Gasteiger partial charge in [-0.3, -0.25) is 0 Å². The largest absolute Gasteiger partial charge is 0.396 e. The number of aliphatic hydroxyl groups is 1. The summed E-state index contributed by atoms with van der Waals surface area (Å²) in [6, 6.07) is 9.04. The Kier molecular flexibility index (Phi) is 6.20. The number of nitrogens with one attached hydrogen (secondary N) is 1. The summed E-state index contributed by atoms with van der Waals surface area (Å²) >= 11 is 0. The van der Waals surface area contributed by atoms with Gasteiger partial charge in [-0.25, -0.2) is 0 Å². The molecule has 0 heterocycles. The van der Waals surface area contributed by atoms with Crippen molar-refractivity contribution < 1.29 is 5.11 Å². The van der Waals surface area contributed by atoms with E-state index < -0.39 is 0 Å². The Bertz CT molecular complexity index is 339. The van der Waals surface area contributed by atoms with Crippen molar-refractivity contribution in [2.24, 2.45) is 11.8 Å². The number of benzene rings is 1. The van der Waals surface area contributed by atoms with E-state index in [1.54, 1.807) is 0 Å². The molecule has 1 aromatic carbocycles. The second kappa shape index (κ2) is 7.42. The van der Waals surface area contributed by atoms with Gasteiger partial charge in [-0.05, 0) is 42.4 Å². The summed E-state index contributed by atoms with van der Waals surface area (Å²) in [5, 5.41) is 12.5. The van der Waals surface area contributed by atoms with Crippen molar-refractivity contribution in [1.82, 2.24) is 0 Å². The zero-order valence-electron chi connectivity index (χ0n) is 12.1. The van der Waals surface area contributed by atoms with E-state index in [1.165, 1.54) is 11.3 Å². The molecule has 1 aromatic rings. The van der Waals surface area contributed by atoms with Gasteiger partial charge in [0.2, 0.25) is 0 Å². The van der Waals surface area contributed by atoms with E-state index in [4.69, 9.17) is 5.11 Å². The van der Waals surface area contributed by atoms with E-state index >= 15 is 0 Å². The first-order valence-electron chi connectivity index (χ1n) is 7.01. The van der Waals surface area contributed by atoms with Crippen LogP contribution < -0.4 is 5.32 Å². The van der Waals surface area contributed by atoms with Gasteiger partial charge < -0.3 is 10.4 Å². The fourth-order valence-electron chi connectivity index (χ4n) is 2.40. The standard InChI is InChI=1S/C16H27NO/c1-12(2)16(13(3)4)17-15-9-5-7-14(11-15)8-6-10-18/h5,7,9,11-13,16-18H,6,8,10H2,1-4H3. The zero-order chi connectivity index (χ0) is 13.5. The highest BCUT2D eigenvalue weighted by Gasteiger charge is 2.16. The average Bonchev–Trinajstić information content (AvgIpc) is 2.33. The second-order valence-electron chi connectivity index (χ2n) is 5.69. The molecule has 0 spiro atoms. The molecular weight excluding hydrogens is 222 g/mol. The van der Waals surface area contributed by atoms with Crippen LogP contribution in [0.15, 0.2) is 24.3 Å². The molecule has 0 amide bonds. The molecule has 0 saturated heterocycles. The van der Waals surface area contributed by atoms with Gasteiger partial charge in [-0.1, -0.05) is 39.8 Å². The van der Waals surface area contributed by atoms with Crippen LogP contribution in [0.1, 0.15) is 39.7 Å². The number of aryl methyl sites for hydroxylation is 1. The van der Waals surface area contributed by atoms with E-state index in [-0.39, 0.29) is 6.61 Å². The molecule has 0 aliphatic rings. The molecule has 0 fully saturated rings. The molecule has 2 nitrogen and oxygen atoms in total. The molecule has 0 bridgehead atoms. The average molecular weight is 249 g/mol. The summed E-state index contributed by atoms with van der Waals surface area (Å²) in [5.74, 6) is 1.23. The lowest BCUT2D eigenvalue weighted by molar-refractivity contribution is 0.288. The summed E-state index contributed by atoms with van der Waals surface area (Å²) < 4.78 is 0. The van der Waals surface area contributed by atoms with Crippen molar-refractivity contribution in [2.75, 3.05) is 11.9 Å². The third-order valence-electron chi connectivity index (χ3n) is 3.32. The van der Waals surface area contributed by atoms with E-state index in [1.807, 2.05) is 0 Å². The summed E-state index contributed by atoms with van der Waals surface area (Å²) in [7, 11) is 0. The van der Waals surface area contributed by atoms with E-state index in [9.17, 15) is 0 Å². The Labute approximate surface area is 111 Å². The van der Waals surface area contributed by atoms with Crippen LogP contribution in [0.25, 0.3) is 0 Å². The lowest BCUT2D eigenvalue weighted by Crippen LogP contribution is -2.31. The monoisotopic (exact) mass is 249 g/mol. The van der Waals surface area contributed by atoms with Gasteiger partial charge in [0.05, 0.1) is 0 Å². The fraction of sp³-hybridized carbons (Fsp3) is 0.625. The normalized spacial score (nSPS) is 11.6. The van der Waals surface area contributed by atoms with Crippen molar-refractivity contribution in [3.05, 3.63) is 29.8 Å². The predicted octanol–water partition coefficient (Wildman–Crippen LogP) is 3.70. The van der Waals surface area contributed by atoms with Crippen LogP contribution in [0.3, 0.4) is 0 Å². The number of anilines is 1. The van der Waals surface area contributed by atoms with Crippen LogP contribution in [-0.2, 0) is 6.42 Å². The molecule has 0 aliphatic carbocycles. The van der Waals surface area contributed by atoms with Crippen molar-refractivity contribution in [3.63, 3.8) is 0 Å². The number of hydrogen-bond donors (Lipinski definition) is 2. The molecule has 0 unspecified atom stereocenters. The number of aliphatic hydroxyl groups excluding tert-OH is 1. The second-order valence-corrected chi connectivity index (χ2v) is 5.69. The molecule has 0 atom stereocenters. The molecule has 2 heteroatoms. The highest BCUT2D eigenvalue weighted by molar-refractivity contribution is 5.46. The first-order valence-corrected chi connectivity index (χ1v) is 7.01. The summed E-state index contributed by atoms with van der Waals surface area (Å²) in [5.41, 5.74) is 2.48. The molecule has 1 rings (SSSR count). The molecule has 0 aliphatic heterocycles. The van der Waals surface area contributed by atoms with Crippen molar-refractivity contribution in [3.8, 4) is 0 Å². The molecular formula is C16H27NO. The number of rotatable bonds is 7. The third-order valence-corrected chi connectivity index (χ3v) is 3.32. The zero-order valence-corrected chi connectivity index (χ0v) is 12.1. The topological polar surface area (TPSA) is 32.3 Å². The lowest BCUT2D eigenvalue weighted by atomic mass is 9.93. The van der Waals surface area contributed by atoms with Gasteiger partial charge in [0.25, 0.3) is 0 Å². The van der Waals surface area contributed by atoms with Gasteiger partial charge in [-0.2, -0.15) is 0 Å². The van der Waals surface area contributed by atoms with E-state index in [2.05, 4.69) is 57.3 Å². The van der Waals surface area contributed by atoms with Crippen LogP contribution in [0.2, 0.25) is 0 Å². The van der Waals surface area contributed by atoms with Gasteiger partial charge >= 0.3 is 0 Å². The van der Waals surface area contributed by atoms with Gasteiger partial charge in [-0.15, -0.1) is 0 Å². The molecule has 102 valence electrons. The van der Waals surface area contributed by atoms with Gasteiger partial charge in [0, 0.05) is 18.3 Å². The first-order chi connectivity index (χ1) is 8.54. The van der Waals surface area contributed by atoms with E-state index in [0.717, 1.165) is 12.8 Å². The quantitative estimate of drug-likeness (QED) is 0.772. The maximum absolute atomic E-state index is 8.87. The smallest absolute Gasteiger partial charge is 0.0434 e. The van der Waals surface area contributed by atoms with Crippen LogP contribution in [0.5, 0.6) is 0 Å². The fourth-order valence-corrected chi connectivity index (χ4v) is 2.40. The Morgan fingerprint density at radius 2 is 1.78 bits per heavy atom. The Morgan fingerprint density at radius 1 is 1.11 bits per heavy atom. The summed E-state index contributed by atoms with van der Waals surface area (Å²) in [4.78, 5) is 0. The Morgan fingerprint density at radius 3 is 2.33 bits per heavy atom. The van der Waals surface area contributed by atoms with Gasteiger partial charge in [0.1, 0.15) is 0 Å². The van der Waals surface area contributed by atoms with Crippen LogP contribution >= 0.6 is 0 Å². The summed E-state index contributed by atoms with van der Waals surface area (Å²) in [6.45, 7) is 9.29. The van der Waals surface area contributed by atoms with Crippen LogP contribution in [0.4, 0.5) is 5.69 Å². The SMILES string of the molecule is CC(C)C(Nc1cccc(CCCO)c1)C(C)C. The van der Waals surface area contributed by atoms with Crippen molar-refractivity contribution >= 4 is 5.69 Å². The lowest BCUT2D eigenvalue weighted by Gasteiger charge is -2.27. The van der Waals surface area contributed by atoms with Crippen LogP contribution in [-0.4, -0.2) is 17.8 Å². The van der Waals surface area contributed by atoms with Gasteiger partial charge in [0.15, 0.2) is 0 Å². The minimum Gasteiger partial charge on any atom is -0.396 e. The highest BCUT2D eigenvalue weighted by atomic mass is 16.2. The third kappa shape index (κ3) is 4.69. The maximum atomic E-state index is 8.87. The molecule has 18 heavy (non-hydrogen) atoms. The maximum Gasteiger partial charge on any atom is 0.0434 e. The van der Waals surface area contributed by atoms with E-state index in [0.29, 0.717) is 17.9 Å². The Hall–Kier alpha value is -1.02. The van der Waals surface area contributed by atoms with Crippen molar-refractivity contribution in [1.29, 1.82) is 0 Å². The summed E-state index contributed by atoms with van der Waals surface area (Å²) in [6.07, 6.45) is 1.78. The molecule has 0 saturated carbocycles. The Balaban J connectivity index is 2.70. The molecule has 0 aromatic heterocycles.